The first-order chi connectivity index (χ1) is 5.83. The van der Waals surface area contributed by atoms with Crippen molar-refractivity contribution in [3.8, 4) is 0 Å². The average Bonchev–Trinajstić information content (AvgIpc) is 2.02. The van der Waals surface area contributed by atoms with Gasteiger partial charge >= 0.3 is 7.60 Å². The Bertz CT molecular complexity index is 201. The van der Waals surface area contributed by atoms with Crippen molar-refractivity contribution in [2.24, 2.45) is 0 Å². The van der Waals surface area contributed by atoms with E-state index >= 15 is 0 Å². The van der Waals surface area contributed by atoms with E-state index in [1.165, 1.54) is 13.8 Å². The van der Waals surface area contributed by atoms with Crippen molar-refractivity contribution >= 4 is 7.60 Å². The van der Waals surface area contributed by atoms with Crippen LogP contribution in [0, 0.1) is 0 Å². The van der Waals surface area contributed by atoms with E-state index < -0.39 is 7.60 Å². The molecule has 0 aliphatic carbocycles. The Morgan fingerprint density at radius 3 is 2.00 bits per heavy atom. The third-order valence-corrected chi connectivity index (χ3v) is 2.70. The van der Waals surface area contributed by atoms with E-state index in [0.29, 0.717) is 17.9 Å². The van der Waals surface area contributed by atoms with Gasteiger partial charge in [0, 0.05) is 39.4 Å². The molecule has 1 unspecified atom stereocenters. The summed E-state index contributed by atoms with van der Waals surface area (Å²) < 4.78 is 26.6. The molecule has 0 bridgehead atoms. The second-order valence-electron chi connectivity index (χ2n) is 3.57. The van der Waals surface area contributed by atoms with Gasteiger partial charge in [-0.2, -0.15) is 0 Å². The summed E-state index contributed by atoms with van der Waals surface area (Å²) in [7, 11) is 3.95. The summed E-state index contributed by atoms with van der Waals surface area (Å²) in [6, 6.07) is 0. The predicted molar refractivity (Wildman–Crippen MR) is 57.2 cm³/mol. The molecule has 1 atom stereocenters. The maximum Gasteiger partial charge on any atom is 0.331 e. The minimum absolute atomic E-state index is 0. The summed E-state index contributed by atoms with van der Waals surface area (Å²) in [6.07, 6.45) is 0. The molecule has 15 heavy (non-hydrogen) atoms. The number of methoxy groups -OCH3 is 1. The number of rotatable bonds is 6. The molecule has 0 aromatic rings. The molecule has 0 fully saturated rings. The second kappa shape index (κ2) is 8.77. The molecule has 0 aromatic heterocycles. The van der Waals surface area contributed by atoms with Gasteiger partial charge in [-0.05, 0) is 0 Å². The van der Waals surface area contributed by atoms with Crippen LogP contribution in [0.1, 0.15) is 7.43 Å². The third-order valence-electron chi connectivity index (χ3n) is 1.45. The first-order valence-corrected chi connectivity index (χ1v) is 5.91. The fourth-order valence-corrected chi connectivity index (χ4v) is 1.33. The zero-order valence-corrected chi connectivity index (χ0v) is 11.7. The number of hydrogen-bond donors (Lipinski definition) is 0. The van der Waals surface area contributed by atoms with Crippen LogP contribution in [0.15, 0.2) is 0 Å². The van der Waals surface area contributed by atoms with Gasteiger partial charge in [-0.1, -0.05) is 7.43 Å². The Morgan fingerprint density at radius 1 is 1.20 bits per heavy atom. The van der Waals surface area contributed by atoms with Crippen LogP contribution in [-0.2, 0) is 36.9 Å². The van der Waals surface area contributed by atoms with Crippen molar-refractivity contribution in [2.75, 3.05) is 48.4 Å². The Kier molecular flexibility index (Phi) is 12.3. The molecule has 1 radical (unpaired) electrons. The molecular formula is C8H23NO4PV+. The van der Waals surface area contributed by atoms with Crippen molar-refractivity contribution in [3.05, 3.63) is 0 Å². The summed E-state index contributed by atoms with van der Waals surface area (Å²) >= 11 is 0. The number of hydrogen-bond acceptors (Lipinski definition) is 4. The normalized spacial score (nSPS) is 14.7. The predicted octanol–water partition coefficient (Wildman–Crippen LogP) is 1.74. The van der Waals surface area contributed by atoms with Gasteiger partial charge in [0.05, 0.1) is 14.1 Å². The number of nitrogens with zero attached hydrogens (tertiary/aromatic N) is 1. The van der Waals surface area contributed by atoms with E-state index in [1.807, 2.05) is 14.1 Å². The van der Waals surface area contributed by atoms with Crippen LogP contribution in [0.5, 0.6) is 0 Å². The average molecular weight is 279 g/mol. The van der Waals surface area contributed by atoms with Crippen LogP contribution in [0.2, 0.25) is 0 Å². The topological polar surface area (TPSA) is 44.8 Å². The standard InChI is InChI=1S/C7H19NO4P.CH4.V/c1-8(2,6-10-3)7-12-13(5,9)11-4;;/h6-7H2,1-5H3;1H4;/q+1;;. The molecule has 0 aromatic carbocycles. The summed E-state index contributed by atoms with van der Waals surface area (Å²) in [5.74, 6) is 0. The van der Waals surface area contributed by atoms with Gasteiger partial charge in [0.25, 0.3) is 0 Å². The maximum absolute atomic E-state index is 11.3. The molecule has 0 aliphatic heterocycles. The molecule has 93 valence electrons. The number of ether oxygens (including phenoxy) is 1. The Labute approximate surface area is 105 Å². The second-order valence-corrected chi connectivity index (χ2v) is 5.73. The smallest absolute Gasteiger partial charge is 0.331 e. The quantitative estimate of drug-likeness (QED) is 0.422. The molecule has 0 rings (SSSR count). The zero-order chi connectivity index (χ0) is 10.5. The van der Waals surface area contributed by atoms with E-state index in [0.717, 1.165) is 0 Å². The van der Waals surface area contributed by atoms with Crippen molar-refractivity contribution in [3.63, 3.8) is 0 Å². The molecule has 0 N–H and O–H groups in total. The Morgan fingerprint density at radius 2 is 1.67 bits per heavy atom. The van der Waals surface area contributed by atoms with Gasteiger partial charge in [-0.3, -0.25) is 13.6 Å². The molecule has 7 heteroatoms. The van der Waals surface area contributed by atoms with Crippen LogP contribution in [0.25, 0.3) is 0 Å². The monoisotopic (exact) mass is 279 g/mol. The first-order valence-electron chi connectivity index (χ1n) is 3.92. The van der Waals surface area contributed by atoms with Crippen LogP contribution < -0.4 is 0 Å². The van der Waals surface area contributed by atoms with Crippen molar-refractivity contribution in [1.82, 2.24) is 0 Å². The van der Waals surface area contributed by atoms with Crippen molar-refractivity contribution < 1.29 is 41.4 Å². The SMILES string of the molecule is C.COC[N+](C)(C)COP(C)(=O)OC.[V]. The molecule has 0 saturated heterocycles. The molecular weight excluding hydrogens is 256 g/mol. The van der Waals surface area contributed by atoms with Gasteiger partial charge < -0.3 is 9.26 Å². The maximum atomic E-state index is 11.3. The number of quaternary nitrogens is 1. The van der Waals surface area contributed by atoms with Crippen LogP contribution in [0.3, 0.4) is 0 Å². The van der Waals surface area contributed by atoms with Crippen molar-refractivity contribution in [2.45, 2.75) is 7.43 Å². The Balaban J connectivity index is -0.000000720. The van der Waals surface area contributed by atoms with Gasteiger partial charge in [0.2, 0.25) is 0 Å². The Hall–Kier alpha value is 0.654. The van der Waals surface area contributed by atoms with Crippen LogP contribution in [0.4, 0.5) is 0 Å². The molecule has 0 aliphatic rings. The van der Waals surface area contributed by atoms with E-state index in [-0.39, 0.29) is 26.0 Å². The van der Waals surface area contributed by atoms with Crippen LogP contribution in [-0.4, -0.2) is 52.9 Å². The van der Waals surface area contributed by atoms with E-state index in [2.05, 4.69) is 0 Å². The molecule has 5 nitrogen and oxygen atoms in total. The van der Waals surface area contributed by atoms with Gasteiger partial charge in [0.1, 0.15) is 0 Å². The third kappa shape index (κ3) is 10.9. The first kappa shape index (κ1) is 21.0. The summed E-state index contributed by atoms with van der Waals surface area (Å²) in [6.45, 7) is 2.25. The van der Waals surface area contributed by atoms with Gasteiger partial charge in [-0.15, -0.1) is 0 Å². The minimum atomic E-state index is -2.86. The minimum Gasteiger partial charge on any atom is -0.335 e. The largest absolute Gasteiger partial charge is 0.335 e. The summed E-state index contributed by atoms with van der Waals surface area (Å²) in [5.41, 5.74) is 0. The molecule has 0 heterocycles. The molecule has 0 spiro atoms. The van der Waals surface area contributed by atoms with E-state index in [9.17, 15) is 4.57 Å². The van der Waals surface area contributed by atoms with Crippen LogP contribution >= 0.6 is 7.60 Å². The van der Waals surface area contributed by atoms with E-state index in [4.69, 9.17) is 13.8 Å². The fraction of sp³-hybridized carbons (Fsp3) is 1.00. The summed E-state index contributed by atoms with van der Waals surface area (Å²) in [5, 5.41) is 0. The van der Waals surface area contributed by atoms with E-state index in [1.54, 1.807) is 7.11 Å². The summed E-state index contributed by atoms with van der Waals surface area (Å²) in [4.78, 5) is 0. The van der Waals surface area contributed by atoms with Gasteiger partial charge in [0.15, 0.2) is 13.5 Å². The molecule has 0 saturated carbocycles. The molecule has 0 amide bonds. The van der Waals surface area contributed by atoms with Crippen molar-refractivity contribution in [1.29, 1.82) is 0 Å². The van der Waals surface area contributed by atoms with Gasteiger partial charge in [-0.25, -0.2) is 0 Å². The fourth-order valence-electron chi connectivity index (χ4n) is 0.701. The zero-order valence-electron chi connectivity index (χ0n) is 9.39.